The van der Waals surface area contributed by atoms with E-state index in [1.165, 1.54) is 38.5 Å². The molecule has 2 saturated carbocycles. The lowest BCUT2D eigenvalue weighted by atomic mass is 9.67. The molecule has 2 aliphatic carbocycles. The summed E-state index contributed by atoms with van der Waals surface area (Å²) in [4.78, 5) is 0. The SMILES string of the molecule is CC1CCC(C2(O)CCCC(C(C)(C)C)CC2)CC1C. The fraction of sp³-hybridized carbons (Fsp3) is 1.00. The molecule has 0 radical (unpaired) electrons. The highest BCUT2D eigenvalue weighted by Crippen LogP contribution is 2.47. The lowest BCUT2D eigenvalue weighted by molar-refractivity contribution is -0.0595. The molecule has 2 aliphatic rings. The molecule has 1 nitrogen and oxygen atoms in total. The van der Waals surface area contributed by atoms with Crippen LogP contribution in [0, 0.1) is 29.1 Å². The van der Waals surface area contributed by atoms with Crippen molar-refractivity contribution in [3.05, 3.63) is 0 Å². The fourth-order valence-corrected chi connectivity index (χ4v) is 4.66. The third kappa shape index (κ3) is 3.59. The smallest absolute Gasteiger partial charge is 0.0676 e. The van der Waals surface area contributed by atoms with Gasteiger partial charge in [-0.3, -0.25) is 0 Å². The Balaban J connectivity index is 2.00. The summed E-state index contributed by atoms with van der Waals surface area (Å²) in [6.45, 7) is 11.9. The normalized spacial score (nSPS) is 44.1. The Bertz CT molecular complexity index is 316. The van der Waals surface area contributed by atoms with Crippen LogP contribution in [0.1, 0.15) is 86.0 Å². The number of hydrogen-bond donors (Lipinski definition) is 1. The summed E-state index contributed by atoms with van der Waals surface area (Å²) in [5.41, 5.74) is 0.0496. The average Bonchev–Trinajstić information content (AvgIpc) is 2.55. The number of rotatable bonds is 1. The molecule has 0 amide bonds. The molecule has 2 fully saturated rings. The third-order valence-electron chi connectivity index (χ3n) is 6.67. The van der Waals surface area contributed by atoms with E-state index < -0.39 is 0 Å². The van der Waals surface area contributed by atoms with Gasteiger partial charge in [-0.15, -0.1) is 0 Å². The largest absolute Gasteiger partial charge is 0.390 e. The molecule has 0 aromatic heterocycles. The maximum Gasteiger partial charge on any atom is 0.0676 e. The van der Waals surface area contributed by atoms with Crippen molar-refractivity contribution in [1.82, 2.24) is 0 Å². The van der Waals surface area contributed by atoms with E-state index in [0.29, 0.717) is 11.3 Å². The molecule has 0 bridgehead atoms. The average molecular weight is 280 g/mol. The highest BCUT2D eigenvalue weighted by Gasteiger charge is 2.42. The second-order valence-electron chi connectivity index (χ2n) is 9.06. The van der Waals surface area contributed by atoms with E-state index in [1.54, 1.807) is 0 Å². The van der Waals surface area contributed by atoms with Gasteiger partial charge in [0.15, 0.2) is 0 Å². The van der Waals surface area contributed by atoms with Gasteiger partial charge in [0, 0.05) is 0 Å². The van der Waals surface area contributed by atoms with Gasteiger partial charge in [0.05, 0.1) is 5.60 Å². The molecule has 0 aromatic carbocycles. The van der Waals surface area contributed by atoms with Crippen molar-refractivity contribution in [2.45, 2.75) is 91.6 Å². The Morgan fingerprint density at radius 1 is 0.900 bits per heavy atom. The monoisotopic (exact) mass is 280 g/mol. The van der Waals surface area contributed by atoms with Gasteiger partial charge in [0.2, 0.25) is 0 Å². The van der Waals surface area contributed by atoms with Gasteiger partial charge in [0.1, 0.15) is 0 Å². The van der Waals surface area contributed by atoms with E-state index in [2.05, 4.69) is 34.6 Å². The van der Waals surface area contributed by atoms with Crippen molar-refractivity contribution in [3.8, 4) is 0 Å². The lowest BCUT2D eigenvalue weighted by Crippen LogP contribution is -2.41. The van der Waals surface area contributed by atoms with Crippen molar-refractivity contribution in [2.75, 3.05) is 0 Å². The fourth-order valence-electron chi connectivity index (χ4n) is 4.66. The van der Waals surface area contributed by atoms with Crippen LogP contribution in [0.5, 0.6) is 0 Å². The van der Waals surface area contributed by atoms with Crippen molar-refractivity contribution < 1.29 is 5.11 Å². The first-order valence-corrected chi connectivity index (χ1v) is 8.95. The van der Waals surface area contributed by atoms with Crippen LogP contribution in [-0.2, 0) is 0 Å². The summed E-state index contributed by atoms with van der Waals surface area (Å²) in [5.74, 6) is 2.99. The minimum absolute atomic E-state index is 0.353. The lowest BCUT2D eigenvalue weighted by Gasteiger charge is -2.42. The van der Waals surface area contributed by atoms with Crippen molar-refractivity contribution in [1.29, 1.82) is 0 Å². The van der Waals surface area contributed by atoms with Crippen molar-refractivity contribution in [3.63, 3.8) is 0 Å². The quantitative estimate of drug-likeness (QED) is 0.636. The molecule has 0 aliphatic heterocycles. The number of aliphatic hydroxyl groups is 1. The zero-order valence-electron chi connectivity index (χ0n) is 14.4. The van der Waals surface area contributed by atoms with Crippen molar-refractivity contribution >= 4 is 0 Å². The molecule has 0 saturated heterocycles. The predicted octanol–water partition coefficient (Wildman–Crippen LogP) is 5.42. The zero-order chi connectivity index (χ0) is 15.0. The van der Waals surface area contributed by atoms with E-state index in [0.717, 1.165) is 30.6 Å². The van der Waals surface area contributed by atoms with E-state index in [1.807, 2.05) is 0 Å². The van der Waals surface area contributed by atoms with Gasteiger partial charge < -0.3 is 5.11 Å². The summed E-state index contributed by atoms with van der Waals surface area (Å²) in [7, 11) is 0. The molecular formula is C19H36O. The van der Waals surface area contributed by atoms with Crippen LogP contribution >= 0.6 is 0 Å². The molecule has 0 heterocycles. The van der Waals surface area contributed by atoms with Gasteiger partial charge in [-0.1, -0.05) is 47.5 Å². The van der Waals surface area contributed by atoms with Crippen LogP contribution in [0.2, 0.25) is 0 Å². The first-order valence-electron chi connectivity index (χ1n) is 8.95. The second kappa shape index (κ2) is 5.99. The van der Waals surface area contributed by atoms with Crippen molar-refractivity contribution in [2.24, 2.45) is 29.1 Å². The molecule has 0 spiro atoms. The molecule has 2 rings (SSSR count). The van der Waals surface area contributed by atoms with E-state index in [9.17, 15) is 5.11 Å². The zero-order valence-corrected chi connectivity index (χ0v) is 14.4. The van der Waals surface area contributed by atoms with E-state index >= 15 is 0 Å². The molecule has 118 valence electrons. The highest BCUT2D eigenvalue weighted by atomic mass is 16.3. The highest BCUT2D eigenvalue weighted by molar-refractivity contribution is 4.94. The van der Waals surface area contributed by atoms with Gasteiger partial charge >= 0.3 is 0 Å². The maximum atomic E-state index is 11.3. The first kappa shape index (κ1) is 16.3. The van der Waals surface area contributed by atoms with Crippen LogP contribution in [-0.4, -0.2) is 10.7 Å². The molecule has 0 aromatic rings. The topological polar surface area (TPSA) is 20.2 Å². The number of hydrogen-bond acceptors (Lipinski definition) is 1. The summed E-state index contributed by atoms with van der Waals surface area (Å²) in [6.07, 6.45) is 9.66. The Kier molecular flexibility index (Phi) is 4.89. The molecular weight excluding hydrogens is 244 g/mol. The molecule has 1 N–H and O–H groups in total. The Labute approximate surface area is 126 Å². The van der Waals surface area contributed by atoms with Gasteiger partial charge in [-0.05, 0) is 67.6 Å². The summed E-state index contributed by atoms with van der Waals surface area (Å²) in [6, 6.07) is 0. The minimum Gasteiger partial charge on any atom is -0.390 e. The van der Waals surface area contributed by atoms with Gasteiger partial charge in [0.25, 0.3) is 0 Å². The van der Waals surface area contributed by atoms with Crippen LogP contribution < -0.4 is 0 Å². The first-order chi connectivity index (χ1) is 9.22. The van der Waals surface area contributed by atoms with E-state index in [-0.39, 0.29) is 5.60 Å². The Hall–Kier alpha value is -0.0400. The molecule has 1 heteroatoms. The van der Waals surface area contributed by atoms with Gasteiger partial charge in [-0.25, -0.2) is 0 Å². The summed E-state index contributed by atoms with van der Waals surface area (Å²) >= 11 is 0. The minimum atomic E-state index is -0.353. The molecule has 5 atom stereocenters. The molecule has 20 heavy (non-hydrogen) atoms. The van der Waals surface area contributed by atoms with Crippen LogP contribution in [0.15, 0.2) is 0 Å². The standard InChI is InChI=1S/C19H36O/c1-14-8-9-17(13-15(14)2)19(20)11-6-7-16(10-12-19)18(3,4)5/h14-17,20H,6-13H2,1-5H3. The van der Waals surface area contributed by atoms with Gasteiger partial charge in [-0.2, -0.15) is 0 Å². The Morgan fingerprint density at radius 3 is 2.20 bits per heavy atom. The van der Waals surface area contributed by atoms with E-state index in [4.69, 9.17) is 0 Å². The summed E-state index contributed by atoms with van der Waals surface area (Å²) in [5, 5.41) is 11.3. The molecule has 5 unspecified atom stereocenters. The van der Waals surface area contributed by atoms with Crippen LogP contribution in [0.4, 0.5) is 0 Å². The third-order valence-corrected chi connectivity index (χ3v) is 6.67. The second-order valence-corrected chi connectivity index (χ2v) is 9.06. The predicted molar refractivity (Wildman–Crippen MR) is 86.6 cm³/mol. The Morgan fingerprint density at radius 2 is 1.60 bits per heavy atom. The summed E-state index contributed by atoms with van der Waals surface area (Å²) < 4.78 is 0. The maximum absolute atomic E-state index is 11.3. The van der Waals surface area contributed by atoms with Crippen LogP contribution in [0.25, 0.3) is 0 Å². The van der Waals surface area contributed by atoms with Crippen LogP contribution in [0.3, 0.4) is 0 Å².